The van der Waals surface area contributed by atoms with Crippen LogP contribution in [0.5, 0.6) is 0 Å². The number of esters is 1. The van der Waals surface area contributed by atoms with Crippen molar-refractivity contribution in [2.45, 2.75) is 25.7 Å². The van der Waals surface area contributed by atoms with Crippen molar-refractivity contribution < 1.29 is 32.6 Å². The number of nitrogens with two attached hydrogens (primary N) is 1. The highest BCUT2D eigenvalue weighted by atomic mass is 19.4. The molecule has 12 heteroatoms. The van der Waals surface area contributed by atoms with Gasteiger partial charge in [-0.25, -0.2) is 9.59 Å². The van der Waals surface area contributed by atoms with Crippen LogP contribution in [0, 0.1) is 16.7 Å². The minimum atomic E-state index is -4.68. The van der Waals surface area contributed by atoms with E-state index in [-0.39, 0.29) is 33.6 Å². The lowest BCUT2D eigenvalue weighted by molar-refractivity contribution is -0.138. The molecule has 1 aliphatic heterocycles. The Bertz CT molecular complexity index is 1280. The summed E-state index contributed by atoms with van der Waals surface area (Å²) < 4.78 is 44.9. The van der Waals surface area contributed by atoms with Gasteiger partial charge in [-0.15, -0.1) is 0 Å². The summed E-state index contributed by atoms with van der Waals surface area (Å²) in [5.74, 6) is -1.56. The van der Waals surface area contributed by atoms with Gasteiger partial charge in [0.15, 0.2) is 0 Å². The molecule has 2 aromatic carbocycles. The second-order valence-corrected chi connectivity index (χ2v) is 7.49. The third kappa shape index (κ3) is 4.53. The van der Waals surface area contributed by atoms with Crippen LogP contribution >= 0.6 is 0 Å². The maximum Gasteiger partial charge on any atom is 0.416 e. The van der Waals surface area contributed by atoms with E-state index in [1.807, 2.05) is 6.07 Å². The number of aliphatic hydroxyl groups is 1. The molecule has 0 fully saturated rings. The molecule has 0 aliphatic carbocycles. The molecule has 3 rings (SSSR count). The van der Waals surface area contributed by atoms with Gasteiger partial charge in [-0.3, -0.25) is 15.2 Å². The average molecular weight is 487 g/mol. The van der Waals surface area contributed by atoms with Gasteiger partial charge in [0.1, 0.15) is 6.04 Å². The predicted molar refractivity (Wildman–Crippen MR) is 118 cm³/mol. The molecule has 182 valence electrons. The topological polar surface area (TPSA) is 144 Å². The summed E-state index contributed by atoms with van der Waals surface area (Å²) in [5.41, 5.74) is 4.79. The number of ether oxygens (including phenoxy) is 1. The predicted octanol–water partition coefficient (Wildman–Crippen LogP) is 3.39. The Morgan fingerprint density at radius 3 is 2.49 bits per heavy atom. The van der Waals surface area contributed by atoms with Gasteiger partial charge in [0.25, 0.3) is 0 Å². The number of halogens is 3. The van der Waals surface area contributed by atoms with E-state index >= 15 is 0 Å². The molecule has 1 atom stereocenters. The number of carbonyl (C=O) groups excluding carboxylic acids is 2. The number of hydrogen-bond acceptors (Lipinski definition) is 6. The number of nitriles is 1. The Balaban J connectivity index is 2.34. The third-order valence-electron chi connectivity index (χ3n) is 5.51. The van der Waals surface area contributed by atoms with E-state index in [9.17, 15) is 33.1 Å². The van der Waals surface area contributed by atoms with Gasteiger partial charge in [-0.05, 0) is 48.4 Å². The van der Waals surface area contributed by atoms with Crippen molar-refractivity contribution in [3.8, 4) is 6.07 Å². The van der Waals surface area contributed by atoms with Crippen molar-refractivity contribution in [1.82, 2.24) is 4.90 Å². The first kappa shape index (κ1) is 25.3. The summed E-state index contributed by atoms with van der Waals surface area (Å²) in [6.07, 6.45) is -4.68. The molecule has 1 heterocycles. The number of urea groups is 1. The van der Waals surface area contributed by atoms with Crippen molar-refractivity contribution in [3.05, 3.63) is 76.0 Å². The van der Waals surface area contributed by atoms with Crippen LogP contribution in [0.25, 0.3) is 0 Å². The first-order chi connectivity index (χ1) is 16.5. The Morgan fingerprint density at radius 2 is 1.94 bits per heavy atom. The molecule has 35 heavy (non-hydrogen) atoms. The van der Waals surface area contributed by atoms with Crippen LogP contribution in [-0.4, -0.2) is 35.1 Å². The molecular weight excluding hydrogens is 467 g/mol. The quantitative estimate of drug-likeness (QED) is 0.564. The number of nitrogens with one attached hydrogen (secondary N) is 1. The van der Waals surface area contributed by atoms with Gasteiger partial charge in [0.2, 0.25) is 5.96 Å². The van der Waals surface area contributed by atoms with Crippen molar-refractivity contribution >= 4 is 23.6 Å². The molecule has 9 nitrogen and oxygen atoms in total. The summed E-state index contributed by atoms with van der Waals surface area (Å²) in [4.78, 5) is 27.1. The normalized spacial score (nSPS) is 16.3. The van der Waals surface area contributed by atoms with Crippen molar-refractivity contribution in [2.75, 3.05) is 12.0 Å². The molecule has 2 aromatic rings. The van der Waals surface area contributed by atoms with Crippen LogP contribution in [0.1, 0.15) is 35.2 Å². The van der Waals surface area contributed by atoms with Gasteiger partial charge < -0.3 is 15.6 Å². The number of hydrogen-bond donors (Lipinski definition) is 3. The van der Waals surface area contributed by atoms with E-state index < -0.39 is 42.3 Å². The van der Waals surface area contributed by atoms with Gasteiger partial charge in [0, 0.05) is 11.4 Å². The van der Waals surface area contributed by atoms with Crippen LogP contribution < -0.4 is 10.6 Å². The molecule has 0 radical (unpaired) electrons. The first-order valence-electron chi connectivity index (χ1n) is 10.0. The monoisotopic (exact) mass is 487 g/mol. The smallest absolute Gasteiger partial charge is 0.416 e. The van der Waals surface area contributed by atoms with Crippen LogP contribution in [0.2, 0.25) is 0 Å². The maximum atomic E-state index is 13.3. The van der Waals surface area contributed by atoms with Crippen molar-refractivity contribution in [2.24, 2.45) is 5.73 Å². The molecule has 0 aromatic heterocycles. The highest BCUT2D eigenvalue weighted by Gasteiger charge is 2.44. The zero-order valence-corrected chi connectivity index (χ0v) is 18.6. The molecule has 0 spiro atoms. The minimum absolute atomic E-state index is 0.0110. The highest BCUT2D eigenvalue weighted by molar-refractivity contribution is 6.10. The summed E-state index contributed by atoms with van der Waals surface area (Å²) >= 11 is 0. The van der Waals surface area contributed by atoms with Crippen molar-refractivity contribution in [1.29, 1.82) is 10.7 Å². The van der Waals surface area contributed by atoms with Gasteiger partial charge in [-0.1, -0.05) is 12.1 Å². The number of methoxy groups -OCH3 is 1. The molecule has 0 saturated heterocycles. The number of aliphatic hydroxyl groups excluding tert-OH is 1. The fraction of sp³-hybridized carbons (Fsp3) is 0.217. The lowest BCUT2D eigenvalue weighted by atomic mass is 9.89. The zero-order chi connectivity index (χ0) is 26.1. The van der Waals surface area contributed by atoms with Gasteiger partial charge >= 0.3 is 18.2 Å². The molecular formula is C23H20F3N5O4. The van der Waals surface area contributed by atoms with E-state index in [2.05, 4.69) is 0 Å². The lowest BCUT2D eigenvalue weighted by Crippen LogP contribution is -2.55. The Labute approximate surface area is 197 Å². The zero-order valence-electron chi connectivity index (χ0n) is 18.6. The molecule has 0 bridgehead atoms. The van der Waals surface area contributed by atoms with E-state index in [0.29, 0.717) is 4.90 Å². The van der Waals surface area contributed by atoms with Crippen LogP contribution in [0.4, 0.5) is 23.7 Å². The van der Waals surface area contributed by atoms with Gasteiger partial charge in [-0.2, -0.15) is 18.4 Å². The number of amides is 2. The van der Waals surface area contributed by atoms with Crippen molar-refractivity contribution in [3.63, 3.8) is 0 Å². The van der Waals surface area contributed by atoms with Crippen LogP contribution in [0.3, 0.4) is 0 Å². The number of primary amides is 1. The third-order valence-corrected chi connectivity index (χ3v) is 5.51. The molecule has 2 amide bonds. The Hall–Kier alpha value is -4.37. The number of benzene rings is 2. The fourth-order valence-electron chi connectivity index (χ4n) is 3.95. The van der Waals surface area contributed by atoms with Gasteiger partial charge in [0.05, 0.1) is 36.5 Å². The summed E-state index contributed by atoms with van der Waals surface area (Å²) in [5, 5.41) is 27.7. The number of carbonyl (C=O) groups is 2. The number of anilines is 1. The number of rotatable bonds is 4. The van der Waals surface area contributed by atoms with E-state index in [0.717, 1.165) is 30.2 Å². The largest absolute Gasteiger partial charge is 0.466 e. The number of nitrogens with zero attached hydrogens (tertiary/aromatic N) is 3. The lowest BCUT2D eigenvalue weighted by Gasteiger charge is -2.43. The minimum Gasteiger partial charge on any atom is -0.466 e. The molecule has 1 aliphatic rings. The van der Waals surface area contributed by atoms with E-state index in [1.54, 1.807) is 0 Å². The molecule has 1 unspecified atom stereocenters. The second-order valence-electron chi connectivity index (χ2n) is 7.49. The second kappa shape index (κ2) is 9.47. The Kier molecular flexibility index (Phi) is 6.84. The Morgan fingerprint density at radius 1 is 1.26 bits per heavy atom. The number of alkyl halides is 3. The highest BCUT2D eigenvalue weighted by Crippen LogP contribution is 2.41. The maximum absolute atomic E-state index is 13.3. The van der Waals surface area contributed by atoms with Crippen LogP contribution in [0.15, 0.2) is 53.7 Å². The number of allylic oxidation sites excluding steroid dienone is 1. The fourth-order valence-corrected chi connectivity index (χ4v) is 3.95. The summed E-state index contributed by atoms with van der Waals surface area (Å²) in [7, 11) is 1.08. The average Bonchev–Trinajstić information content (AvgIpc) is 2.82. The standard InChI is InChI=1S/C23H20F3N5O4/c1-12-18(20(33)35-2)19(17-7-6-13(10-27)8-14(17)11-32)31(22(29)34)21(28)30(12)16-5-3-4-15(9-16)23(24,25)26/h3-9,19,28,32H,11H2,1-2H3,(H2,29,34). The van der Waals surface area contributed by atoms with E-state index in [1.165, 1.54) is 31.2 Å². The summed E-state index contributed by atoms with van der Waals surface area (Å²) in [6, 6.07) is 7.53. The SMILES string of the molecule is COC(=O)C1=C(C)N(c2cccc(C(F)(F)F)c2)C(=N)N(C(N)=O)C1c1ccc(C#N)cc1CO. The summed E-state index contributed by atoms with van der Waals surface area (Å²) in [6.45, 7) is 0.806. The molecule has 0 saturated carbocycles. The molecule has 4 N–H and O–H groups in total. The van der Waals surface area contributed by atoms with Crippen LogP contribution in [-0.2, 0) is 22.3 Å². The van der Waals surface area contributed by atoms with E-state index in [4.69, 9.17) is 15.9 Å². The first-order valence-corrected chi connectivity index (χ1v) is 10.0. The number of guanidine groups is 1.